The van der Waals surface area contributed by atoms with Crippen LogP contribution in [0.15, 0.2) is 52.0 Å². The van der Waals surface area contributed by atoms with Crippen LogP contribution in [0.4, 0.5) is 0 Å². The molecule has 4 nitrogen and oxygen atoms in total. The third-order valence-corrected chi connectivity index (χ3v) is 3.46. The second-order valence-electron chi connectivity index (χ2n) is 4.46. The third kappa shape index (κ3) is 4.16. The molecule has 21 heavy (non-hydrogen) atoms. The quantitative estimate of drug-likeness (QED) is 0.680. The second kappa shape index (κ2) is 7.04. The van der Waals surface area contributed by atoms with Crippen LogP contribution in [0.25, 0.3) is 0 Å². The number of nitrogens with one attached hydrogen (secondary N) is 1. The highest BCUT2D eigenvalue weighted by Crippen LogP contribution is 2.25. The van der Waals surface area contributed by atoms with Gasteiger partial charge in [0, 0.05) is 5.56 Å². The van der Waals surface area contributed by atoms with Crippen molar-refractivity contribution in [2.24, 2.45) is 5.10 Å². The van der Waals surface area contributed by atoms with E-state index in [2.05, 4.69) is 26.5 Å². The lowest BCUT2D eigenvalue weighted by Gasteiger charge is -2.05. The van der Waals surface area contributed by atoms with Crippen molar-refractivity contribution in [3.8, 4) is 5.75 Å². The van der Waals surface area contributed by atoms with Gasteiger partial charge in [-0.2, -0.15) is 5.10 Å². The molecule has 2 aromatic carbocycles. The summed E-state index contributed by atoms with van der Waals surface area (Å²) in [7, 11) is 1.58. The fourth-order valence-electron chi connectivity index (χ4n) is 1.79. The molecule has 2 rings (SSSR count). The van der Waals surface area contributed by atoms with E-state index in [1.807, 2.05) is 31.2 Å². The number of hydrogen-bond acceptors (Lipinski definition) is 3. The molecule has 0 heterocycles. The molecular weight excluding hydrogens is 332 g/mol. The first-order valence-corrected chi connectivity index (χ1v) is 7.13. The van der Waals surface area contributed by atoms with E-state index in [0.29, 0.717) is 11.3 Å². The average molecular weight is 347 g/mol. The second-order valence-corrected chi connectivity index (χ2v) is 5.32. The maximum absolute atomic E-state index is 12.0. The first-order valence-electron chi connectivity index (χ1n) is 6.34. The number of benzene rings is 2. The number of nitrogens with zero attached hydrogens (tertiary/aromatic N) is 1. The predicted octanol–water partition coefficient (Wildman–Crippen LogP) is 3.53. The van der Waals surface area contributed by atoms with E-state index < -0.39 is 0 Å². The molecule has 0 bridgehead atoms. The Morgan fingerprint density at radius 1 is 1.29 bits per heavy atom. The minimum absolute atomic E-state index is 0.276. The minimum Gasteiger partial charge on any atom is -0.496 e. The summed E-state index contributed by atoms with van der Waals surface area (Å²) >= 11 is 3.35. The first kappa shape index (κ1) is 15.3. The highest BCUT2D eigenvalue weighted by atomic mass is 79.9. The Labute approximate surface area is 132 Å². The van der Waals surface area contributed by atoms with Gasteiger partial charge in [-0.3, -0.25) is 4.79 Å². The zero-order valence-electron chi connectivity index (χ0n) is 11.8. The first-order chi connectivity index (χ1) is 10.1. The van der Waals surface area contributed by atoms with E-state index in [9.17, 15) is 4.79 Å². The largest absolute Gasteiger partial charge is 0.496 e. The molecule has 0 saturated carbocycles. The van der Waals surface area contributed by atoms with Crippen LogP contribution in [-0.2, 0) is 0 Å². The highest BCUT2D eigenvalue weighted by molar-refractivity contribution is 9.10. The van der Waals surface area contributed by atoms with Gasteiger partial charge < -0.3 is 4.74 Å². The van der Waals surface area contributed by atoms with Gasteiger partial charge in [-0.15, -0.1) is 0 Å². The van der Waals surface area contributed by atoms with Crippen molar-refractivity contribution in [2.45, 2.75) is 6.92 Å². The molecule has 0 unspecified atom stereocenters. The number of halogens is 1. The van der Waals surface area contributed by atoms with E-state index in [4.69, 9.17) is 4.74 Å². The summed E-state index contributed by atoms with van der Waals surface area (Å²) in [5, 5.41) is 3.96. The molecule has 0 saturated heterocycles. The Kier molecular flexibility index (Phi) is 5.11. The molecule has 0 radical (unpaired) electrons. The Morgan fingerprint density at radius 3 is 2.76 bits per heavy atom. The van der Waals surface area contributed by atoms with E-state index in [1.165, 1.54) is 0 Å². The van der Waals surface area contributed by atoms with E-state index in [0.717, 1.165) is 15.6 Å². The van der Waals surface area contributed by atoms with Crippen molar-refractivity contribution < 1.29 is 9.53 Å². The van der Waals surface area contributed by atoms with E-state index >= 15 is 0 Å². The van der Waals surface area contributed by atoms with Gasteiger partial charge >= 0.3 is 0 Å². The van der Waals surface area contributed by atoms with Crippen molar-refractivity contribution in [3.05, 3.63) is 63.6 Å². The van der Waals surface area contributed by atoms with Crippen molar-refractivity contribution in [3.63, 3.8) is 0 Å². The van der Waals surface area contributed by atoms with Gasteiger partial charge in [-0.05, 0) is 46.6 Å². The maximum atomic E-state index is 12.0. The Morgan fingerprint density at radius 2 is 2.10 bits per heavy atom. The number of carbonyl (C=O) groups is 1. The number of carbonyl (C=O) groups excluding carboxylic acids is 1. The summed E-state index contributed by atoms with van der Waals surface area (Å²) in [5.74, 6) is 0.400. The topological polar surface area (TPSA) is 50.7 Å². The molecule has 2 aromatic rings. The van der Waals surface area contributed by atoms with Gasteiger partial charge in [0.15, 0.2) is 0 Å². The normalized spacial score (nSPS) is 10.6. The molecule has 0 atom stereocenters. The maximum Gasteiger partial charge on any atom is 0.271 e. The van der Waals surface area contributed by atoms with Crippen LogP contribution in [0.2, 0.25) is 0 Å². The summed E-state index contributed by atoms with van der Waals surface area (Å²) in [4.78, 5) is 12.0. The third-order valence-electron chi connectivity index (χ3n) is 2.84. The van der Waals surface area contributed by atoms with Crippen LogP contribution in [0.3, 0.4) is 0 Å². The van der Waals surface area contributed by atoms with Gasteiger partial charge in [0.2, 0.25) is 0 Å². The molecule has 1 N–H and O–H groups in total. The van der Waals surface area contributed by atoms with Crippen LogP contribution in [0.5, 0.6) is 5.75 Å². The zero-order chi connectivity index (χ0) is 15.2. The summed E-state index contributed by atoms with van der Waals surface area (Å²) in [6, 6.07) is 13.0. The van der Waals surface area contributed by atoms with E-state index in [1.54, 1.807) is 31.5 Å². The van der Waals surface area contributed by atoms with Gasteiger partial charge in [0.1, 0.15) is 5.75 Å². The number of hydrazone groups is 1. The van der Waals surface area contributed by atoms with Gasteiger partial charge in [0.25, 0.3) is 5.91 Å². The van der Waals surface area contributed by atoms with E-state index in [-0.39, 0.29) is 5.91 Å². The van der Waals surface area contributed by atoms with Crippen molar-refractivity contribution >= 4 is 28.1 Å². The lowest BCUT2D eigenvalue weighted by Crippen LogP contribution is -2.17. The summed E-state index contributed by atoms with van der Waals surface area (Å²) in [6.07, 6.45) is 1.61. The zero-order valence-corrected chi connectivity index (χ0v) is 13.3. The number of methoxy groups -OCH3 is 1. The lowest BCUT2D eigenvalue weighted by atomic mass is 10.2. The monoisotopic (exact) mass is 346 g/mol. The van der Waals surface area contributed by atoms with Crippen LogP contribution in [0, 0.1) is 6.92 Å². The van der Waals surface area contributed by atoms with Crippen molar-refractivity contribution in [1.82, 2.24) is 5.43 Å². The van der Waals surface area contributed by atoms with Crippen LogP contribution in [-0.4, -0.2) is 19.2 Å². The molecular formula is C16H15BrN2O2. The van der Waals surface area contributed by atoms with Crippen LogP contribution >= 0.6 is 15.9 Å². The number of ether oxygens (including phenoxy) is 1. The predicted molar refractivity (Wildman–Crippen MR) is 86.9 cm³/mol. The molecule has 108 valence electrons. The highest BCUT2D eigenvalue weighted by Gasteiger charge is 2.07. The number of rotatable bonds is 4. The average Bonchev–Trinajstić information content (AvgIpc) is 2.47. The van der Waals surface area contributed by atoms with Crippen molar-refractivity contribution in [2.75, 3.05) is 7.11 Å². The number of aryl methyl sites for hydroxylation is 1. The SMILES string of the molecule is COc1ccc(C(=O)N/N=C/c2cccc(C)c2)cc1Br. The lowest BCUT2D eigenvalue weighted by molar-refractivity contribution is 0.0955. The van der Waals surface area contributed by atoms with Gasteiger partial charge in [0.05, 0.1) is 17.8 Å². The minimum atomic E-state index is -0.276. The van der Waals surface area contributed by atoms with Crippen LogP contribution in [0.1, 0.15) is 21.5 Å². The summed E-state index contributed by atoms with van der Waals surface area (Å²) in [5.41, 5.74) is 5.08. The molecule has 0 aromatic heterocycles. The molecule has 0 fully saturated rings. The molecule has 5 heteroatoms. The fourth-order valence-corrected chi connectivity index (χ4v) is 2.33. The number of amides is 1. The molecule has 0 aliphatic heterocycles. The standard InChI is InChI=1S/C16H15BrN2O2/c1-11-4-3-5-12(8-11)10-18-19-16(20)13-6-7-15(21-2)14(17)9-13/h3-10H,1-2H3,(H,19,20)/b18-10+. The smallest absolute Gasteiger partial charge is 0.271 e. The van der Waals surface area contributed by atoms with Gasteiger partial charge in [-0.1, -0.05) is 29.8 Å². The van der Waals surface area contributed by atoms with Crippen molar-refractivity contribution in [1.29, 1.82) is 0 Å². The van der Waals surface area contributed by atoms with Crippen LogP contribution < -0.4 is 10.2 Å². The molecule has 0 aliphatic carbocycles. The Bertz CT molecular complexity index is 684. The summed E-state index contributed by atoms with van der Waals surface area (Å²) in [6.45, 7) is 2.00. The molecule has 1 amide bonds. The fraction of sp³-hybridized carbons (Fsp3) is 0.125. The number of hydrogen-bond donors (Lipinski definition) is 1. The van der Waals surface area contributed by atoms with Gasteiger partial charge in [-0.25, -0.2) is 5.43 Å². The summed E-state index contributed by atoms with van der Waals surface area (Å²) < 4.78 is 5.84. The Hall–Kier alpha value is -2.14. The molecule has 0 aliphatic rings. The Balaban J connectivity index is 2.03. The molecule has 0 spiro atoms.